The number of rotatable bonds is 10. The van der Waals surface area contributed by atoms with Crippen LogP contribution in [-0.4, -0.2) is 50.0 Å². The lowest BCUT2D eigenvalue weighted by Crippen LogP contribution is -2.52. The molecule has 0 aromatic heterocycles. The lowest BCUT2D eigenvalue weighted by molar-refractivity contribution is -0.139. The Balaban J connectivity index is 2.43. The third kappa shape index (κ3) is 7.35. The van der Waals surface area contributed by atoms with E-state index in [9.17, 15) is 18.0 Å². The van der Waals surface area contributed by atoms with Gasteiger partial charge in [0.25, 0.3) is 0 Å². The minimum absolute atomic E-state index is 0.0641. The van der Waals surface area contributed by atoms with Crippen LogP contribution in [0.3, 0.4) is 0 Å². The number of sulfonamides is 1. The zero-order valence-electron chi connectivity index (χ0n) is 20.0. The molecule has 2 amide bonds. The fourth-order valence-corrected chi connectivity index (χ4v) is 4.72. The molecule has 1 N–H and O–H groups in total. The molecule has 0 heterocycles. The summed E-state index contributed by atoms with van der Waals surface area (Å²) in [5, 5.41) is 3.33. The molecule has 2 atom stereocenters. The van der Waals surface area contributed by atoms with E-state index >= 15 is 0 Å². The summed E-state index contributed by atoms with van der Waals surface area (Å²) in [6, 6.07) is 11.0. The number of nitrogens with one attached hydrogen (secondary N) is 1. The first kappa shape index (κ1) is 28.0. The van der Waals surface area contributed by atoms with Gasteiger partial charge in [0.2, 0.25) is 21.8 Å². The van der Waals surface area contributed by atoms with Crippen molar-refractivity contribution < 1.29 is 18.0 Å². The summed E-state index contributed by atoms with van der Waals surface area (Å²) in [4.78, 5) is 27.8. The maximum absolute atomic E-state index is 13.5. The van der Waals surface area contributed by atoms with E-state index < -0.39 is 28.5 Å². The standard InChI is InChI=1S/C24H31Cl2N3O4S/c1-6-17(3)27-24(31)18(4)28(14-19-10-8-7-9-16(19)2)23(30)15-29(34(5,32)33)22-12-11-20(25)13-21(22)26/h7-13,17-18H,6,14-15H2,1-5H3,(H,27,31)/t17-,18-/m0/s1. The molecule has 7 nitrogen and oxygen atoms in total. The topological polar surface area (TPSA) is 86.8 Å². The SMILES string of the molecule is CC[C@H](C)NC(=O)[C@H](C)N(Cc1ccccc1C)C(=O)CN(c1ccc(Cl)cc1Cl)S(C)(=O)=O. The van der Waals surface area contributed by atoms with Gasteiger partial charge in [-0.2, -0.15) is 0 Å². The largest absolute Gasteiger partial charge is 0.352 e. The molecule has 2 aromatic carbocycles. The molecule has 10 heteroatoms. The van der Waals surface area contributed by atoms with Gasteiger partial charge < -0.3 is 10.2 Å². The summed E-state index contributed by atoms with van der Waals surface area (Å²) in [7, 11) is -3.87. The summed E-state index contributed by atoms with van der Waals surface area (Å²) in [6.07, 6.45) is 1.73. The lowest BCUT2D eigenvalue weighted by Gasteiger charge is -2.32. The van der Waals surface area contributed by atoms with E-state index in [2.05, 4.69) is 5.32 Å². The van der Waals surface area contributed by atoms with Crippen LogP contribution < -0.4 is 9.62 Å². The number of anilines is 1. The van der Waals surface area contributed by atoms with Gasteiger partial charge in [-0.05, 0) is 56.5 Å². The van der Waals surface area contributed by atoms with Gasteiger partial charge >= 0.3 is 0 Å². The highest BCUT2D eigenvalue weighted by Gasteiger charge is 2.31. The first-order valence-corrected chi connectivity index (χ1v) is 13.5. The van der Waals surface area contributed by atoms with Crippen molar-refractivity contribution in [2.24, 2.45) is 0 Å². The van der Waals surface area contributed by atoms with Crippen LogP contribution in [0.4, 0.5) is 5.69 Å². The third-order valence-electron chi connectivity index (χ3n) is 5.63. The van der Waals surface area contributed by atoms with E-state index in [0.29, 0.717) is 5.02 Å². The van der Waals surface area contributed by atoms with Crippen LogP contribution in [0.1, 0.15) is 38.3 Å². The molecule has 0 radical (unpaired) electrons. The summed E-state index contributed by atoms with van der Waals surface area (Å²) in [6.45, 7) is 7.00. The minimum atomic E-state index is -3.87. The van der Waals surface area contributed by atoms with E-state index in [1.807, 2.05) is 45.0 Å². The van der Waals surface area contributed by atoms with Crippen molar-refractivity contribution in [1.82, 2.24) is 10.2 Å². The Bertz CT molecular complexity index is 1140. The molecule has 34 heavy (non-hydrogen) atoms. The van der Waals surface area contributed by atoms with Crippen LogP contribution in [0.5, 0.6) is 0 Å². The highest BCUT2D eigenvalue weighted by atomic mass is 35.5. The van der Waals surface area contributed by atoms with E-state index in [4.69, 9.17) is 23.2 Å². The number of hydrogen-bond donors (Lipinski definition) is 1. The quantitative estimate of drug-likeness (QED) is 0.495. The van der Waals surface area contributed by atoms with Crippen LogP contribution in [0.2, 0.25) is 10.0 Å². The van der Waals surface area contributed by atoms with Crippen LogP contribution in [0.15, 0.2) is 42.5 Å². The fourth-order valence-electron chi connectivity index (χ4n) is 3.30. The first-order valence-electron chi connectivity index (χ1n) is 10.9. The molecular formula is C24H31Cl2N3O4S. The number of nitrogens with zero attached hydrogens (tertiary/aromatic N) is 2. The van der Waals surface area contributed by atoms with Crippen molar-refractivity contribution in [2.45, 2.75) is 52.7 Å². The number of benzene rings is 2. The molecule has 0 unspecified atom stereocenters. The van der Waals surface area contributed by atoms with Crippen molar-refractivity contribution in [3.05, 3.63) is 63.6 Å². The number of amides is 2. The van der Waals surface area contributed by atoms with Gasteiger partial charge in [0, 0.05) is 17.6 Å². The Morgan fingerprint density at radius 3 is 2.29 bits per heavy atom. The lowest BCUT2D eigenvalue weighted by atomic mass is 10.1. The smallest absolute Gasteiger partial charge is 0.244 e. The van der Waals surface area contributed by atoms with Gasteiger partial charge in [-0.25, -0.2) is 8.42 Å². The van der Waals surface area contributed by atoms with Crippen molar-refractivity contribution in [3.63, 3.8) is 0 Å². The number of aryl methyl sites for hydroxylation is 1. The normalized spacial score (nSPS) is 13.1. The van der Waals surface area contributed by atoms with Crippen molar-refractivity contribution in [3.8, 4) is 0 Å². The highest BCUT2D eigenvalue weighted by molar-refractivity contribution is 7.92. The van der Waals surface area contributed by atoms with E-state index in [-0.39, 0.29) is 29.2 Å². The van der Waals surface area contributed by atoms with Gasteiger partial charge in [0.05, 0.1) is 17.0 Å². The molecule has 0 saturated carbocycles. The number of carbonyl (C=O) groups excluding carboxylic acids is 2. The van der Waals surface area contributed by atoms with Gasteiger partial charge in [0.15, 0.2) is 0 Å². The van der Waals surface area contributed by atoms with Gasteiger partial charge in [-0.1, -0.05) is 54.4 Å². The third-order valence-corrected chi connectivity index (χ3v) is 7.29. The van der Waals surface area contributed by atoms with E-state index in [0.717, 1.165) is 28.1 Å². The number of halogens is 2. The van der Waals surface area contributed by atoms with Crippen LogP contribution in [0, 0.1) is 6.92 Å². The first-order chi connectivity index (χ1) is 15.8. The predicted octanol–water partition coefficient (Wildman–Crippen LogP) is 4.40. The van der Waals surface area contributed by atoms with Crippen LogP contribution >= 0.6 is 23.2 Å². The number of hydrogen-bond acceptors (Lipinski definition) is 4. The van der Waals surface area contributed by atoms with E-state index in [1.165, 1.54) is 23.1 Å². The Morgan fingerprint density at radius 2 is 1.74 bits per heavy atom. The second kappa shape index (κ2) is 11.9. The average molecular weight is 529 g/mol. The number of carbonyl (C=O) groups is 2. The highest BCUT2D eigenvalue weighted by Crippen LogP contribution is 2.30. The van der Waals surface area contributed by atoms with E-state index in [1.54, 1.807) is 6.92 Å². The molecule has 2 rings (SSSR count). The molecule has 0 aliphatic rings. The van der Waals surface area contributed by atoms with Gasteiger partial charge in [-0.3, -0.25) is 13.9 Å². The monoisotopic (exact) mass is 527 g/mol. The van der Waals surface area contributed by atoms with Crippen molar-refractivity contribution in [1.29, 1.82) is 0 Å². The summed E-state index contributed by atoms with van der Waals surface area (Å²) in [5.41, 5.74) is 1.94. The predicted molar refractivity (Wildman–Crippen MR) is 138 cm³/mol. The molecule has 0 saturated heterocycles. The van der Waals surface area contributed by atoms with Crippen molar-refractivity contribution in [2.75, 3.05) is 17.1 Å². The Kier molecular flexibility index (Phi) is 9.79. The van der Waals surface area contributed by atoms with Crippen LogP contribution in [-0.2, 0) is 26.2 Å². The second-order valence-corrected chi connectivity index (χ2v) is 11.1. The minimum Gasteiger partial charge on any atom is -0.352 e. The van der Waals surface area contributed by atoms with Gasteiger partial charge in [0.1, 0.15) is 12.6 Å². The summed E-state index contributed by atoms with van der Waals surface area (Å²) >= 11 is 12.2. The van der Waals surface area contributed by atoms with Gasteiger partial charge in [-0.15, -0.1) is 0 Å². The zero-order chi connectivity index (χ0) is 25.6. The molecule has 0 spiro atoms. The Morgan fingerprint density at radius 1 is 1.09 bits per heavy atom. The average Bonchev–Trinajstić information content (AvgIpc) is 2.76. The van der Waals surface area contributed by atoms with Crippen LogP contribution in [0.25, 0.3) is 0 Å². The Labute approximate surface area is 212 Å². The summed E-state index contributed by atoms with van der Waals surface area (Å²) < 4.78 is 26.2. The molecule has 2 aromatic rings. The molecule has 0 aliphatic carbocycles. The second-order valence-electron chi connectivity index (χ2n) is 8.31. The maximum Gasteiger partial charge on any atom is 0.244 e. The Hall–Kier alpha value is -2.29. The molecule has 0 fully saturated rings. The molecule has 186 valence electrons. The summed E-state index contributed by atoms with van der Waals surface area (Å²) in [5.74, 6) is -0.849. The molecule has 0 aliphatic heterocycles. The molecule has 0 bridgehead atoms. The van der Waals surface area contributed by atoms with Crippen molar-refractivity contribution >= 4 is 50.7 Å². The maximum atomic E-state index is 13.5. The fraction of sp³-hybridized carbons (Fsp3) is 0.417. The molecular weight excluding hydrogens is 497 g/mol. The zero-order valence-corrected chi connectivity index (χ0v) is 22.3.